The van der Waals surface area contributed by atoms with Crippen LogP contribution in [0.3, 0.4) is 0 Å². The van der Waals surface area contributed by atoms with Crippen molar-refractivity contribution in [3.8, 4) is 0 Å². The Labute approximate surface area is 104 Å². The predicted molar refractivity (Wildman–Crippen MR) is 72.2 cm³/mol. The minimum Gasteiger partial charge on any atom is -0.319 e. The van der Waals surface area contributed by atoms with Gasteiger partial charge in [0.2, 0.25) is 0 Å². The molecule has 0 aliphatic carbocycles. The summed E-state index contributed by atoms with van der Waals surface area (Å²) in [4.78, 5) is 5.27. The van der Waals surface area contributed by atoms with Crippen molar-refractivity contribution in [1.29, 1.82) is 0 Å². The molecule has 0 aromatic heterocycles. The van der Waals surface area contributed by atoms with E-state index in [-0.39, 0.29) is 0 Å². The van der Waals surface area contributed by atoms with E-state index in [4.69, 9.17) is 0 Å². The SMILES string of the molecule is CNCC1CCN(CCN2CCSCC2)C1. The van der Waals surface area contributed by atoms with E-state index >= 15 is 0 Å². The Morgan fingerprint density at radius 3 is 2.62 bits per heavy atom. The molecule has 2 aliphatic heterocycles. The molecular weight excluding hydrogens is 218 g/mol. The molecule has 94 valence electrons. The fourth-order valence-corrected chi connectivity index (χ4v) is 3.66. The van der Waals surface area contributed by atoms with E-state index < -0.39 is 0 Å². The Kier molecular flexibility index (Phi) is 5.42. The van der Waals surface area contributed by atoms with Crippen molar-refractivity contribution in [1.82, 2.24) is 15.1 Å². The number of nitrogens with zero attached hydrogens (tertiary/aromatic N) is 2. The second-order valence-corrected chi connectivity index (χ2v) is 6.19. The van der Waals surface area contributed by atoms with E-state index in [2.05, 4.69) is 33.9 Å². The van der Waals surface area contributed by atoms with E-state index in [9.17, 15) is 0 Å². The Balaban J connectivity index is 1.59. The van der Waals surface area contributed by atoms with Crippen molar-refractivity contribution in [3.63, 3.8) is 0 Å². The predicted octanol–water partition coefficient (Wildman–Crippen LogP) is 0.577. The van der Waals surface area contributed by atoms with E-state index in [1.54, 1.807) is 0 Å². The monoisotopic (exact) mass is 243 g/mol. The summed E-state index contributed by atoms with van der Waals surface area (Å²) < 4.78 is 0. The highest BCUT2D eigenvalue weighted by Gasteiger charge is 2.22. The van der Waals surface area contributed by atoms with Gasteiger partial charge in [-0.25, -0.2) is 0 Å². The fourth-order valence-electron chi connectivity index (χ4n) is 2.68. The third-order valence-corrected chi connectivity index (χ3v) is 4.64. The lowest BCUT2D eigenvalue weighted by Crippen LogP contribution is -2.39. The molecule has 2 fully saturated rings. The second-order valence-electron chi connectivity index (χ2n) is 4.97. The van der Waals surface area contributed by atoms with Gasteiger partial charge in [-0.15, -0.1) is 0 Å². The fraction of sp³-hybridized carbons (Fsp3) is 1.00. The molecule has 2 heterocycles. The highest BCUT2D eigenvalue weighted by molar-refractivity contribution is 7.99. The number of rotatable bonds is 5. The van der Waals surface area contributed by atoms with E-state index in [1.807, 2.05) is 0 Å². The molecule has 2 saturated heterocycles. The largest absolute Gasteiger partial charge is 0.319 e. The van der Waals surface area contributed by atoms with Crippen molar-refractivity contribution < 1.29 is 0 Å². The number of hydrogen-bond acceptors (Lipinski definition) is 4. The summed E-state index contributed by atoms with van der Waals surface area (Å²) in [5, 5.41) is 3.30. The van der Waals surface area contributed by atoms with Crippen molar-refractivity contribution in [3.05, 3.63) is 0 Å². The zero-order valence-electron chi connectivity index (χ0n) is 10.5. The average molecular weight is 243 g/mol. The highest BCUT2D eigenvalue weighted by Crippen LogP contribution is 2.15. The standard InChI is InChI=1S/C12H25N3S/c1-13-10-12-2-3-15(11-12)5-4-14-6-8-16-9-7-14/h12-13H,2-11H2,1H3. The van der Waals surface area contributed by atoms with Crippen LogP contribution in [0.2, 0.25) is 0 Å². The number of thioether (sulfide) groups is 1. The van der Waals surface area contributed by atoms with Gasteiger partial charge in [0.1, 0.15) is 0 Å². The van der Waals surface area contributed by atoms with Crippen molar-refractivity contribution >= 4 is 11.8 Å². The van der Waals surface area contributed by atoms with Crippen LogP contribution in [0, 0.1) is 5.92 Å². The number of nitrogens with one attached hydrogen (secondary N) is 1. The second kappa shape index (κ2) is 6.84. The van der Waals surface area contributed by atoms with Crippen LogP contribution in [-0.2, 0) is 0 Å². The summed E-state index contributed by atoms with van der Waals surface area (Å²) in [5.41, 5.74) is 0. The average Bonchev–Trinajstić information content (AvgIpc) is 2.76. The smallest absolute Gasteiger partial charge is 0.0110 e. The van der Waals surface area contributed by atoms with Crippen molar-refractivity contribution in [2.24, 2.45) is 5.92 Å². The zero-order valence-corrected chi connectivity index (χ0v) is 11.3. The van der Waals surface area contributed by atoms with Crippen LogP contribution >= 0.6 is 11.8 Å². The summed E-state index contributed by atoms with van der Waals surface area (Å²) in [6, 6.07) is 0. The van der Waals surface area contributed by atoms with Gasteiger partial charge in [0.25, 0.3) is 0 Å². The van der Waals surface area contributed by atoms with Crippen LogP contribution in [0.5, 0.6) is 0 Å². The van der Waals surface area contributed by atoms with Gasteiger partial charge in [0, 0.05) is 44.2 Å². The highest BCUT2D eigenvalue weighted by atomic mass is 32.2. The summed E-state index contributed by atoms with van der Waals surface area (Å²) in [5.74, 6) is 3.56. The molecular formula is C12H25N3S. The van der Waals surface area contributed by atoms with Gasteiger partial charge in [-0.3, -0.25) is 0 Å². The Bertz CT molecular complexity index is 195. The maximum atomic E-state index is 3.30. The molecule has 2 aliphatic rings. The van der Waals surface area contributed by atoms with Crippen LogP contribution in [-0.4, -0.2) is 74.2 Å². The Morgan fingerprint density at radius 1 is 1.12 bits per heavy atom. The van der Waals surface area contributed by atoms with Crippen LogP contribution in [0.25, 0.3) is 0 Å². The van der Waals surface area contributed by atoms with Crippen LogP contribution in [0.4, 0.5) is 0 Å². The molecule has 0 radical (unpaired) electrons. The molecule has 0 spiro atoms. The van der Waals surface area contributed by atoms with Crippen LogP contribution in [0.1, 0.15) is 6.42 Å². The molecule has 4 heteroatoms. The topological polar surface area (TPSA) is 18.5 Å². The van der Waals surface area contributed by atoms with E-state index in [0.29, 0.717) is 0 Å². The summed E-state index contributed by atoms with van der Waals surface area (Å²) in [6.07, 6.45) is 1.39. The minimum absolute atomic E-state index is 0.891. The zero-order chi connectivity index (χ0) is 11.2. The molecule has 0 bridgehead atoms. The lowest BCUT2D eigenvalue weighted by molar-refractivity contribution is 0.236. The van der Waals surface area contributed by atoms with Crippen molar-refractivity contribution in [2.45, 2.75) is 6.42 Å². The first-order chi connectivity index (χ1) is 7.88. The molecule has 1 atom stereocenters. The quantitative estimate of drug-likeness (QED) is 0.761. The van der Waals surface area contributed by atoms with Gasteiger partial charge in [-0.05, 0) is 32.5 Å². The molecule has 0 saturated carbocycles. The molecule has 1 N–H and O–H groups in total. The molecule has 16 heavy (non-hydrogen) atoms. The third kappa shape index (κ3) is 3.91. The van der Waals surface area contributed by atoms with Crippen LogP contribution in [0.15, 0.2) is 0 Å². The van der Waals surface area contributed by atoms with E-state index in [1.165, 1.54) is 63.7 Å². The summed E-state index contributed by atoms with van der Waals surface area (Å²) >= 11 is 2.10. The van der Waals surface area contributed by atoms with Gasteiger partial charge in [-0.1, -0.05) is 0 Å². The first kappa shape index (κ1) is 12.7. The lowest BCUT2D eigenvalue weighted by Gasteiger charge is -2.28. The van der Waals surface area contributed by atoms with Gasteiger partial charge in [0.15, 0.2) is 0 Å². The first-order valence-corrected chi connectivity index (χ1v) is 7.71. The number of hydrogen-bond donors (Lipinski definition) is 1. The van der Waals surface area contributed by atoms with Crippen molar-refractivity contribution in [2.75, 3.05) is 64.4 Å². The van der Waals surface area contributed by atoms with Gasteiger partial charge in [0.05, 0.1) is 0 Å². The van der Waals surface area contributed by atoms with E-state index in [0.717, 1.165) is 5.92 Å². The first-order valence-electron chi connectivity index (χ1n) is 6.55. The normalized spacial score (nSPS) is 28.7. The molecule has 0 aromatic carbocycles. The molecule has 2 rings (SSSR count). The van der Waals surface area contributed by atoms with Gasteiger partial charge in [-0.2, -0.15) is 11.8 Å². The molecule has 1 unspecified atom stereocenters. The molecule has 0 amide bonds. The molecule has 0 aromatic rings. The van der Waals surface area contributed by atoms with Gasteiger partial charge >= 0.3 is 0 Å². The molecule has 3 nitrogen and oxygen atoms in total. The lowest BCUT2D eigenvalue weighted by atomic mass is 10.1. The maximum absolute atomic E-state index is 3.30. The van der Waals surface area contributed by atoms with Crippen LogP contribution < -0.4 is 5.32 Å². The van der Waals surface area contributed by atoms with Gasteiger partial charge < -0.3 is 15.1 Å². The minimum atomic E-state index is 0.891. The number of likely N-dealkylation sites (tertiary alicyclic amines) is 1. The maximum Gasteiger partial charge on any atom is 0.0110 e. The summed E-state index contributed by atoms with van der Waals surface area (Å²) in [7, 11) is 2.06. The Morgan fingerprint density at radius 2 is 1.88 bits per heavy atom. The third-order valence-electron chi connectivity index (χ3n) is 3.70. The Hall–Kier alpha value is 0.230. The summed E-state index contributed by atoms with van der Waals surface area (Å²) in [6.45, 7) is 8.99.